The van der Waals surface area contributed by atoms with Gasteiger partial charge in [0.05, 0.1) is 11.4 Å². The summed E-state index contributed by atoms with van der Waals surface area (Å²) in [6, 6.07) is 11.6. The number of carbonyl (C=O) groups is 1. The van der Waals surface area contributed by atoms with E-state index in [1.807, 2.05) is 36.4 Å². The van der Waals surface area contributed by atoms with E-state index in [-0.39, 0.29) is 12.5 Å². The van der Waals surface area contributed by atoms with E-state index in [9.17, 15) is 9.90 Å². The molecule has 2 N–H and O–H groups in total. The van der Waals surface area contributed by atoms with Crippen molar-refractivity contribution in [3.63, 3.8) is 0 Å². The number of amides is 1. The molecule has 130 valence electrons. The number of hydrogen-bond donors (Lipinski definition) is 2. The SMILES string of the molecule is O=C(/C=C/c1cccnc1)Nc1ccccc1N1CCC(CO)CC1. The Balaban J connectivity index is 1.67. The minimum atomic E-state index is -0.165. The van der Waals surface area contributed by atoms with E-state index in [2.05, 4.69) is 15.2 Å². The van der Waals surface area contributed by atoms with E-state index >= 15 is 0 Å². The molecule has 0 unspecified atom stereocenters. The van der Waals surface area contributed by atoms with Crippen molar-refractivity contribution in [1.29, 1.82) is 0 Å². The zero-order chi connectivity index (χ0) is 17.5. The second-order valence-corrected chi connectivity index (χ2v) is 6.24. The lowest BCUT2D eigenvalue weighted by atomic mass is 9.97. The zero-order valence-corrected chi connectivity index (χ0v) is 14.1. The molecular weight excluding hydrogens is 314 g/mol. The molecule has 1 fully saturated rings. The van der Waals surface area contributed by atoms with Gasteiger partial charge < -0.3 is 15.3 Å². The third-order valence-corrected chi connectivity index (χ3v) is 4.49. The van der Waals surface area contributed by atoms with Gasteiger partial charge in [0.1, 0.15) is 0 Å². The maximum atomic E-state index is 12.2. The standard InChI is InChI=1S/C20H23N3O2/c24-15-17-9-12-23(13-10-17)19-6-2-1-5-18(19)22-20(25)8-7-16-4-3-11-21-14-16/h1-8,11,14,17,24H,9-10,12-13,15H2,(H,22,25)/b8-7+. The number of benzene rings is 1. The lowest BCUT2D eigenvalue weighted by Gasteiger charge is -2.34. The number of nitrogens with zero attached hydrogens (tertiary/aromatic N) is 2. The molecule has 0 saturated carbocycles. The average molecular weight is 337 g/mol. The topological polar surface area (TPSA) is 65.5 Å². The summed E-state index contributed by atoms with van der Waals surface area (Å²) in [5.74, 6) is 0.224. The van der Waals surface area contributed by atoms with Crippen LogP contribution in [0.2, 0.25) is 0 Å². The quantitative estimate of drug-likeness (QED) is 0.823. The molecule has 1 aromatic carbocycles. The number of aromatic nitrogens is 1. The van der Waals surface area contributed by atoms with Gasteiger partial charge in [-0.05, 0) is 48.6 Å². The minimum Gasteiger partial charge on any atom is -0.396 e. The second kappa shape index (κ2) is 8.44. The summed E-state index contributed by atoms with van der Waals surface area (Å²) in [7, 11) is 0. The number of para-hydroxylation sites is 2. The third-order valence-electron chi connectivity index (χ3n) is 4.49. The fraction of sp³-hybridized carbons (Fsp3) is 0.300. The van der Waals surface area contributed by atoms with Crippen molar-refractivity contribution < 1.29 is 9.90 Å². The molecule has 0 aliphatic carbocycles. The Morgan fingerprint density at radius 2 is 2.04 bits per heavy atom. The number of carbonyl (C=O) groups excluding carboxylic acids is 1. The number of piperidine rings is 1. The highest BCUT2D eigenvalue weighted by atomic mass is 16.3. The number of hydrogen-bond acceptors (Lipinski definition) is 4. The van der Waals surface area contributed by atoms with E-state index in [4.69, 9.17) is 0 Å². The average Bonchev–Trinajstić information content (AvgIpc) is 2.68. The lowest BCUT2D eigenvalue weighted by Crippen LogP contribution is -2.35. The van der Waals surface area contributed by atoms with Crippen molar-refractivity contribution in [1.82, 2.24) is 4.98 Å². The van der Waals surface area contributed by atoms with Gasteiger partial charge >= 0.3 is 0 Å². The molecule has 5 nitrogen and oxygen atoms in total. The van der Waals surface area contributed by atoms with Gasteiger partial charge in [0, 0.05) is 38.2 Å². The van der Waals surface area contributed by atoms with Crippen LogP contribution in [0.25, 0.3) is 6.08 Å². The highest BCUT2D eigenvalue weighted by molar-refractivity contribution is 6.03. The Labute approximate surface area is 148 Å². The predicted molar refractivity (Wildman–Crippen MR) is 100 cm³/mol. The number of aliphatic hydroxyl groups is 1. The molecule has 1 aliphatic heterocycles. The van der Waals surface area contributed by atoms with E-state index < -0.39 is 0 Å². The van der Waals surface area contributed by atoms with Gasteiger partial charge in [0.15, 0.2) is 0 Å². The van der Waals surface area contributed by atoms with Crippen molar-refractivity contribution in [2.75, 3.05) is 29.9 Å². The first-order valence-electron chi connectivity index (χ1n) is 8.60. The van der Waals surface area contributed by atoms with Gasteiger partial charge in [-0.25, -0.2) is 0 Å². The molecule has 3 rings (SSSR count). The highest BCUT2D eigenvalue weighted by Crippen LogP contribution is 2.29. The Morgan fingerprint density at radius 3 is 2.76 bits per heavy atom. The van der Waals surface area contributed by atoms with Crippen LogP contribution in [0.15, 0.2) is 54.9 Å². The number of aliphatic hydroxyl groups excluding tert-OH is 1. The Morgan fingerprint density at radius 1 is 1.24 bits per heavy atom. The molecule has 0 atom stereocenters. The van der Waals surface area contributed by atoms with E-state index in [0.717, 1.165) is 42.9 Å². The van der Waals surface area contributed by atoms with E-state index in [1.54, 1.807) is 18.5 Å². The molecule has 1 amide bonds. The number of rotatable bonds is 5. The number of nitrogens with one attached hydrogen (secondary N) is 1. The van der Waals surface area contributed by atoms with Crippen LogP contribution in [0.4, 0.5) is 11.4 Å². The van der Waals surface area contributed by atoms with Crippen LogP contribution in [0.5, 0.6) is 0 Å². The Bertz CT molecular complexity index is 723. The van der Waals surface area contributed by atoms with Gasteiger partial charge in [0.2, 0.25) is 5.91 Å². The Kier molecular flexibility index (Phi) is 5.80. The summed E-state index contributed by atoms with van der Waals surface area (Å²) in [6.45, 7) is 2.04. The van der Waals surface area contributed by atoms with Crippen molar-refractivity contribution in [3.8, 4) is 0 Å². The summed E-state index contributed by atoms with van der Waals surface area (Å²) >= 11 is 0. The maximum Gasteiger partial charge on any atom is 0.248 e. The van der Waals surface area contributed by atoms with Gasteiger partial charge in [-0.3, -0.25) is 9.78 Å². The number of anilines is 2. The van der Waals surface area contributed by atoms with Crippen LogP contribution < -0.4 is 10.2 Å². The van der Waals surface area contributed by atoms with Gasteiger partial charge in [-0.15, -0.1) is 0 Å². The first-order valence-corrected chi connectivity index (χ1v) is 8.60. The molecule has 1 saturated heterocycles. The van der Waals surface area contributed by atoms with Crippen LogP contribution in [-0.4, -0.2) is 35.7 Å². The fourth-order valence-corrected chi connectivity index (χ4v) is 3.03. The molecule has 2 heterocycles. The van der Waals surface area contributed by atoms with Crippen LogP contribution in [0.1, 0.15) is 18.4 Å². The molecule has 25 heavy (non-hydrogen) atoms. The molecule has 0 radical (unpaired) electrons. The molecule has 2 aromatic rings. The van der Waals surface area contributed by atoms with Crippen LogP contribution in [0, 0.1) is 5.92 Å². The normalized spacial score (nSPS) is 15.5. The van der Waals surface area contributed by atoms with Gasteiger partial charge in [-0.2, -0.15) is 0 Å². The zero-order valence-electron chi connectivity index (χ0n) is 14.1. The minimum absolute atomic E-state index is 0.165. The first-order chi connectivity index (χ1) is 12.3. The summed E-state index contributed by atoms with van der Waals surface area (Å²) in [6.07, 6.45) is 8.62. The van der Waals surface area contributed by atoms with Crippen LogP contribution in [-0.2, 0) is 4.79 Å². The predicted octanol–water partition coefficient (Wildman–Crippen LogP) is 2.94. The van der Waals surface area contributed by atoms with Gasteiger partial charge in [-0.1, -0.05) is 18.2 Å². The molecule has 1 aliphatic rings. The smallest absolute Gasteiger partial charge is 0.248 e. The van der Waals surface area contributed by atoms with Crippen LogP contribution >= 0.6 is 0 Å². The van der Waals surface area contributed by atoms with Crippen molar-refractivity contribution >= 4 is 23.4 Å². The molecule has 1 aromatic heterocycles. The lowest BCUT2D eigenvalue weighted by molar-refractivity contribution is -0.111. The highest BCUT2D eigenvalue weighted by Gasteiger charge is 2.20. The fourth-order valence-electron chi connectivity index (χ4n) is 3.03. The molecule has 0 bridgehead atoms. The molecular formula is C20H23N3O2. The monoisotopic (exact) mass is 337 g/mol. The van der Waals surface area contributed by atoms with E-state index in [0.29, 0.717) is 5.92 Å². The largest absolute Gasteiger partial charge is 0.396 e. The maximum absolute atomic E-state index is 12.2. The summed E-state index contributed by atoms with van der Waals surface area (Å²) < 4.78 is 0. The van der Waals surface area contributed by atoms with E-state index in [1.165, 1.54) is 6.08 Å². The van der Waals surface area contributed by atoms with Crippen molar-refractivity contribution in [2.24, 2.45) is 5.92 Å². The third kappa shape index (κ3) is 4.67. The summed E-state index contributed by atoms with van der Waals surface area (Å²) in [4.78, 5) is 18.5. The van der Waals surface area contributed by atoms with Gasteiger partial charge in [0.25, 0.3) is 0 Å². The first kappa shape index (κ1) is 17.2. The number of pyridine rings is 1. The van der Waals surface area contributed by atoms with Crippen molar-refractivity contribution in [3.05, 3.63) is 60.4 Å². The molecule has 5 heteroatoms. The molecule has 0 spiro atoms. The van der Waals surface area contributed by atoms with Crippen molar-refractivity contribution in [2.45, 2.75) is 12.8 Å². The summed E-state index contributed by atoms with van der Waals surface area (Å²) in [5.41, 5.74) is 2.73. The second-order valence-electron chi connectivity index (χ2n) is 6.24. The Hall–Kier alpha value is -2.66. The summed E-state index contributed by atoms with van der Waals surface area (Å²) in [5, 5.41) is 12.3. The van der Waals surface area contributed by atoms with Crippen LogP contribution in [0.3, 0.4) is 0 Å².